The van der Waals surface area contributed by atoms with Crippen LogP contribution >= 0.6 is 0 Å². The molecule has 2 aromatic rings. The quantitative estimate of drug-likeness (QED) is 0.846. The fraction of sp³-hybridized carbons (Fsp3) is 0.211. The molecule has 0 fully saturated rings. The molecule has 5 heteroatoms. The molecule has 2 N–H and O–H groups in total. The van der Waals surface area contributed by atoms with Crippen LogP contribution in [0.4, 0.5) is 11.4 Å². The Morgan fingerprint density at radius 3 is 2.04 bits per heavy atom. The molecule has 0 aromatic heterocycles. The number of benzene rings is 2. The molecule has 0 aliphatic heterocycles. The number of carbonyl (C=O) groups excluding carboxylic acids is 2. The summed E-state index contributed by atoms with van der Waals surface area (Å²) in [6, 6.07) is 15.9. The molecule has 0 unspecified atom stereocenters. The van der Waals surface area contributed by atoms with Gasteiger partial charge in [-0.3, -0.25) is 9.59 Å². The van der Waals surface area contributed by atoms with E-state index in [1.54, 1.807) is 44.2 Å². The van der Waals surface area contributed by atoms with Crippen molar-refractivity contribution in [1.82, 2.24) is 0 Å². The van der Waals surface area contributed by atoms with Crippen LogP contribution < -0.4 is 10.6 Å². The van der Waals surface area contributed by atoms with Gasteiger partial charge in [0.15, 0.2) is 0 Å². The first-order chi connectivity index (χ1) is 11.3. The van der Waals surface area contributed by atoms with Crippen molar-refractivity contribution in [3.63, 3.8) is 0 Å². The van der Waals surface area contributed by atoms with E-state index in [0.717, 1.165) is 5.56 Å². The van der Waals surface area contributed by atoms with Crippen molar-refractivity contribution in [2.45, 2.75) is 20.8 Å². The van der Waals surface area contributed by atoms with Gasteiger partial charge in [-0.15, -0.1) is 0 Å². The molecule has 2 aromatic carbocycles. The van der Waals surface area contributed by atoms with Crippen LogP contribution in [0.25, 0.3) is 0 Å². The molecule has 24 heavy (non-hydrogen) atoms. The van der Waals surface area contributed by atoms with E-state index in [2.05, 4.69) is 10.6 Å². The van der Waals surface area contributed by atoms with Crippen LogP contribution in [0.1, 0.15) is 25.0 Å². The van der Waals surface area contributed by atoms with Crippen LogP contribution in [-0.4, -0.2) is 11.8 Å². The Kier molecular flexibility index (Phi) is 5.00. The lowest BCUT2D eigenvalue weighted by molar-refractivity contribution is -0.135. The number of nitriles is 1. The lowest BCUT2D eigenvalue weighted by atomic mass is 9.90. The second-order valence-corrected chi connectivity index (χ2v) is 6.10. The SMILES string of the molecule is Cc1cccc(NC(=O)C(C)(C)C(=O)Nc2cccc(C#N)c2)c1. The van der Waals surface area contributed by atoms with Crippen LogP contribution in [0, 0.1) is 23.7 Å². The lowest BCUT2D eigenvalue weighted by Gasteiger charge is -2.23. The summed E-state index contributed by atoms with van der Waals surface area (Å²) in [6.45, 7) is 5.04. The molecule has 0 aliphatic carbocycles. The summed E-state index contributed by atoms with van der Waals surface area (Å²) in [6.07, 6.45) is 0. The molecule has 0 radical (unpaired) electrons. The minimum atomic E-state index is -1.27. The van der Waals surface area contributed by atoms with Gasteiger partial charge in [0.25, 0.3) is 0 Å². The summed E-state index contributed by atoms with van der Waals surface area (Å²) in [7, 11) is 0. The van der Waals surface area contributed by atoms with E-state index >= 15 is 0 Å². The van der Waals surface area contributed by atoms with Crippen LogP contribution in [0.5, 0.6) is 0 Å². The summed E-state index contributed by atoms with van der Waals surface area (Å²) in [5.41, 5.74) is 1.31. The number of hydrogen-bond acceptors (Lipinski definition) is 3. The van der Waals surface area contributed by atoms with Gasteiger partial charge in [0.1, 0.15) is 5.41 Å². The van der Waals surface area contributed by atoms with E-state index in [1.165, 1.54) is 0 Å². The Morgan fingerprint density at radius 1 is 0.958 bits per heavy atom. The maximum atomic E-state index is 12.5. The highest BCUT2D eigenvalue weighted by Gasteiger charge is 2.36. The predicted molar refractivity (Wildman–Crippen MR) is 93.4 cm³/mol. The first-order valence-electron chi connectivity index (χ1n) is 7.52. The Balaban J connectivity index is 2.11. The van der Waals surface area contributed by atoms with Crippen molar-refractivity contribution in [2.24, 2.45) is 5.41 Å². The maximum absolute atomic E-state index is 12.5. The van der Waals surface area contributed by atoms with Gasteiger partial charge in [-0.1, -0.05) is 18.2 Å². The van der Waals surface area contributed by atoms with Crippen molar-refractivity contribution < 1.29 is 9.59 Å². The minimum Gasteiger partial charge on any atom is -0.325 e. The molecule has 0 atom stereocenters. The summed E-state index contributed by atoms with van der Waals surface area (Å²) in [4.78, 5) is 25.0. The van der Waals surface area contributed by atoms with Gasteiger partial charge in [-0.05, 0) is 56.7 Å². The summed E-state index contributed by atoms with van der Waals surface area (Å²) >= 11 is 0. The highest BCUT2D eigenvalue weighted by atomic mass is 16.2. The van der Waals surface area contributed by atoms with E-state index < -0.39 is 17.2 Å². The van der Waals surface area contributed by atoms with E-state index in [0.29, 0.717) is 16.9 Å². The zero-order chi connectivity index (χ0) is 17.7. The number of anilines is 2. The number of rotatable bonds is 4. The van der Waals surface area contributed by atoms with Crippen LogP contribution in [0.3, 0.4) is 0 Å². The van der Waals surface area contributed by atoms with Crippen molar-refractivity contribution in [2.75, 3.05) is 10.6 Å². The zero-order valence-electron chi connectivity index (χ0n) is 13.9. The molecule has 0 saturated heterocycles. The number of aryl methyl sites for hydroxylation is 1. The van der Waals surface area contributed by atoms with E-state index in [-0.39, 0.29) is 0 Å². The van der Waals surface area contributed by atoms with Gasteiger partial charge in [-0.25, -0.2) is 0 Å². The zero-order valence-corrected chi connectivity index (χ0v) is 13.9. The van der Waals surface area contributed by atoms with Crippen molar-refractivity contribution in [3.05, 3.63) is 59.7 Å². The van der Waals surface area contributed by atoms with E-state index in [1.807, 2.05) is 31.2 Å². The molecule has 2 rings (SSSR count). The molecule has 122 valence electrons. The van der Waals surface area contributed by atoms with Crippen LogP contribution in [0.2, 0.25) is 0 Å². The van der Waals surface area contributed by atoms with Gasteiger partial charge >= 0.3 is 0 Å². The number of amides is 2. The Hall–Kier alpha value is -3.13. The van der Waals surface area contributed by atoms with Gasteiger partial charge < -0.3 is 10.6 Å². The van der Waals surface area contributed by atoms with Crippen molar-refractivity contribution in [1.29, 1.82) is 5.26 Å². The van der Waals surface area contributed by atoms with Crippen LogP contribution in [-0.2, 0) is 9.59 Å². The molecular weight excluding hydrogens is 302 g/mol. The first-order valence-corrected chi connectivity index (χ1v) is 7.52. The molecule has 2 amide bonds. The smallest absolute Gasteiger partial charge is 0.239 e. The molecule has 0 saturated carbocycles. The van der Waals surface area contributed by atoms with Crippen LogP contribution in [0.15, 0.2) is 48.5 Å². The van der Waals surface area contributed by atoms with Crippen molar-refractivity contribution in [3.8, 4) is 6.07 Å². The fourth-order valence-corrected chi connectivity index (χ4v) is 2.07. The normalized spacial score (nSPS) is 10.6. The Bertz CT molecular complexity index is 819. The second-order valence-electron chi connectivity index (χ2n) is 6.10. The molecule has 0 spiro atoms. The highest BCUT2D eigenvalue weighted by Crippen LogP contribution is 2.22. The van der Waals surface area contributed by atoms with Gasteiger partial charge in [-0.2, -0.15) is 5.26 Å². The first kappa shape index (κ1) is 17.2. The van der Waals surface area contributed by atoms with E-state index in [4.69, 9.17) is 5.26 Å². The largest absolute Gasteiger partial charge is 0.325 e. The minimum absolute atomic E-state index is 0.401. The molecule has 0 heterocycles. The third-order valence-electron chi connectivity index (χ3n) is 3.66. The average Bonchev–Trinajstić information content (AvgIpc) is 2.54. The highest BCUT2D eigenvalue weighted by molar-refractivity contribution is 6.14. The van der Waals surface area contributed by atoms with Crippen molar-refractivity contribution >= 4 is 23.2 Å². The molecule has 0 aliphatic rings. The van der Waals surface area contributed by atoms with E-state index in [9.17, 15) is 9.59 Å². The lowest BCUT2D eigenvalue weighted by Crippen LogP contribution is -2.41. The summed E-state index contributed by atoms with van der Waals surface area (Å²) in [5.74, 6) is -0.843. The Labute approximate surface area is 141 Å². The monoisotopic (exact) mass is 321 g/mol. The summed E-state index contributed by atoms with van der Waals surface area (Å²) in [5, 5.41) is 14.3. The number of carbonyl (C=O) groups is 2. The molecule has 0 bridgehead atoms. The predicted octanol–water partition coefficient (Wildman–Crippen LogP) is 3.47. The fourth-order valence-electron chi connectivity index (χ4n) is 2.07. The molecular formula is C19H19N3O2. The summed E-state index contributed by atoms with van der Waals surface area (Å²) < 4.78 is 0. The van der Waals surface area contributed by atoms with Gasteiger partial charge in [0.2, 0.25) is 11.8 Å². The number of nitrogens with one attached hydrogen (secondary N) is 2. The second kappa shape index (κ2) is 6.97. The standard InChI is InChI=1S/C19H19N3O2/c1-13-6-4-8-15(10-13)21-17(23)19(2,3)18(24)22-16-9-5-7-14(11-16)12-20/h4-11H,1-3H3,(H,21,23)(H,22,24). The third-order valence-corrected chi connectivity index (χ3v) is 3.66. The number of nitrogens with zero attached hydrogens (tertiary/aromatic N) is 1. The molecule has 5 nitrogen and oxygen atoms in total. The topological polar surface area (TPSA) is 82.0 Å². The third kappa shape index (κ3) is 3.99. The van der Waals surface area contributed by atoms with Gasteiger partial charge in [0.05, 0.1) is 11.6 Å². The van der Waals surface area contributed by atoms with Gasteiger partial charge in [0, 0.05) is 11.4 Å². The average molecular weight is 321 g/mol. The number of hydrogen-bond donors (Lipinski definition) is 2. The Morgan fingerprint density at radius 2 is 1.50 bits per heavy atom. The maximum Gasteiger partial charge on any atom is 0.239 e.